The molecule has 1 fully saturated rings. The minimum absolute atomic E-state index is 0.0556. The molecule has 0 bridgehead atoms. The minimum Gasteiger partial charge on any atom is -0.484 e. The first-order chi connectivity index (χ1) is 13.5. The van der Waals surface area contributed by atoms with Crippen molar-refractivity contribution in [3.63, 3.8) is 0 Å². The van der Waals surface area contributed by atoms with Gasteiger partial charge in [0.1, 0.15) is 5.75 Å². The van der Waals surface area contributed by atoms with Gasteiger partial charge in [0.2, 0.25) is 5.91 Å². The summed E-state index contributed by atoms with van der Waals surface area (Å²) in [6.07, 6.45) is 1.28. The summed E-state index contributed by atoms with van der Waals surface area (Å²) in [7, 11) is 0. The third-order valence-electron chi connectivity index (χ3n) is 4.59. The van der Waals surface area contributed by atoms with Crippen molar-refractivity contribution >= 4 is 29.1 Å². The Morgan fingerprint density at radius 1 is 1.07 bits per heavy atom. The molecule has 0 saturated carbocycles. The van der Waals surface area contributed by atoms with Crippen molar-refractivity contribution in [3.05, 3.63) is 59.1 Å². The van der Waals surface area contributed by atoms with E-state index in [0.717, 1.165) is 5.56 Å². The second-order valence-electron chi connectivity index (χ2n) is 6.78. The van der Waals surface area contributed by atoms with Gasteiger partial charge in [-0.15, -0.1) is 0 Å². The molecule has 2 N–H and O–H groups in total. The molecule has 2 aromatic rings. The fraction of sp³-hybridized carbons (Fsp3) is 0.333. The lowest BCUT2D eigenvalue weighted by atomic mass is 10.1. The summed E-state index contributed by atoms with van der Waals surface area (Å²) in [5, 5.41) is 12.9. The highest BCUT2D eigenvalue weighted by Gasteiger charge is 2.21. The van der Waals surface area contributed by atoms with Crippen LogP contribution in [0.5, 0.6) is 5.75 Å². The van der Waals surface area contributed by atoms with E-state index in [1.807, 2.05) is 12.1 Å². The number of nitrogens with one attached hydrogen (secondary N) is 1. The molecule has 2 amide bonds. The maximum absolute atomic E-state index is 12.3. The molecule has 0 spiro atoms. The van der Waals surface area contributed by atoms with Crippen molar-refractivity contribution in [1.82, 2.24) is 4.90 Å². The van der Waals surface area contributed by atoms with Gasteiger partial charge < -0.3 is 20.1 Å². The summed E-state index contributed by atoms with van der Waals surface area (Å²) < 4.78 is 5.41. The zero-order valence-electron chi connectivity index (χ0n) is 15.4. The zero-order valence-corrected chi connectivity index (χ0v) is 16.2. The van der Waals surface area contributed by atoms with E-state index in [9.17, 15) is 14.7 Å². The Kier molecular flexibility index (Phi) is 6.90. The van der Waals surface area contributed by atoms with Crippen molar-refractivity contribution in [2.75, 3.05) is 25.0 Å². The summed E-state index contributed by atoms with van der Waals surface area (Å²) in [5.41, 5.74) is 1.52. The Morgan fingerprint density at radius 3 is 2.36 bits per heavy atom. The van der Waals surface area contributed by atoms with E-state index in [1.54, 1.807) is 41.3 Å². The summed E-state index contributed by atoms with van der Waals surface area (Å²) in [5.74, 6) is 0.351. The van der Waals surface area contributed by atoms with Gasteiger partial charge >= 0.3 is 0 Å². The highest BCUT2D eigenvalue weighted by molar-refractivity contribution is 6.30. The smallest absolute Gasteiger partial charge is 0.262 e. The molecule has 1 heterocycles. The number of aliphatic hydroxyl groups excluding tert-OH is 1. The fourth-order valence-electron chi connectivity index (χ4n) is 2.98. The van der Waals surface area contributed by atoms with Crippen LogP contribution in [0, 0.1) is 0 Å². The summed E-state index contributed by atoms with van der Waals surface area (Å²) in [6.45, 7) is 1.09. The van der Waals surface area contributed by atoms with Gasteiger partial charge in [-0.1, -0.05) is 23.7 Å². The molecular formula is C21H23ClN2O4. The average molecular weight is 403 g/mol. The molecule has 7 heteroatoms. The lowest BCUT2D eigenvalue weighted by Gasteiger charge is -2.29. The number of rotatable bonds is 6. The Hall–Kier alpha value is -2.57. The molecule has 0 unspecified atom stereocenters. The molecule has 1 saturated heterocycles. The van der Waals surface area contributed by atoms with Gasteiger partial charge in [-0.25, -0.2) is 0 Å². The van der Waals surface area contributed by atoms with Crippen LogP contribution in [0.4, 0.5) is 5.69 Å². The molecule has 6 nitrogen and oxygen atoms in total. The van der Waals surface area contributed by atoms with Gasteiger partial charge in [-0.3, -0.25) is 9.59 Å². The number of aliphatic hydroxyl groups is 1. The average Bonchev–Trinajstić information content (AvgIpc) is 2.69. The van der Waals surface area contributed by atoms with E-state index >= 15 is 0 Å². The monoisotopic (exact) mass is 402 g/mol. The number of piperidine rings is 1. The molecule has 1 aliphatic heterocycles. The largest absolute Gasteiger partial charge is 0.484 e. The Labute approximate surface area is 169 Å². The summed E-state index contributed by atoms with van der Waals surface area (Å²) >= 11 is 5.81. The molecule has 3 rings (SSSR count). The van der Waals surface area contributed by atoms with Gasteiger partial charge in [0.25, 0.3) is 5.91 Å². The number of benzene rings is 2. The number of ether oxygens (including phenoxy) is 1. The Morgan fingerprint density at radius 2 is 1.71 bits per heavy atom. The molecule has 0 radical (unpaired) electrons. The third kappa shape index (κ3) is 5.97. The van der Waals surface area contributed by atoms with Crippen molar-refractivity contribution in [2.24, 2.45) is 0 Å². The van der Waals surface area contributed by atoms with E-state index in [0.29, 0.717) is 48.8 Å². The van der Waals surface area contributed by atoms with Crippen LogP contribution in [-0.2, 0) is 16.0 Å². The molecule has 1 aliphatic rings. The molecule has 0 atom stereocenters. The maximum Gasteiger partial charge on any atom is 0.262 e. The van der Waals surface area contributed by atoms with Crippen LogP contribution >= 0.6 is 11.6 Å². The van der Waals surface area contributed by atoms with Crippen LogP contribution < -0.4 is 10.1 Å². The van der Waals surface area contributed by atoms with Crippen LogP contribution in [0.1, 0.15) is 18.4 Å². The van der Waals surface area contributed by atoms with Crippen LogP contribution in [0.15, 0.2) is 48.5 Å². The van der Waals surface area contributed by atoms with Crippen molar-refractivity contribution in [1.29, 1.82) is 0 Å². The number of amides is 2. The molecule has 2 aromatic carbocycles. The predicted molar refractivity (Wildman–Crippen MR) is 108 cm³/mol. The number of hydrogen-bond acceptors (Lipinski definition) is 4. The molecule has 0 aliphatic carbocycles. The van der Waals surface area contributed by atoms with Crippen molar-refractivity contribution in [3.8, 4) is 5.75 Å². The number of likely N-dealkylation sites (tertiary alicyclic amines) is 1. The lowest BCUT2D eigenvalue weighted by molar-refractivity contribution is -0.132. The number of hydrogen-bond donors (Lipinski definition) is 2. The number of nitrogens with zero attached hydrogens (tertiary/aromatic N) is 1. The SMILES string of the molecule is O=C(COc1ccc(Cl)cc1)Nc1ccc(CC(=O)N2CCC(O)CC2)cc1. The first kappa shape index (κ1) is 20.2. The number of anilines is 1. The molecule has 0 aromatic heterocycles. The van der Waals surface area contributed by atoms with Crippen LogP contribution in [0.3, 0.4) is 0 Å². The van der Waals surface area contributed by atoms with Gasteiger partial charge in [0, 0.05) is 23.8 Å². The quantitative estimate of drug-likeness (QED) is 0.778. The van der Waals surface area contributed by atoms with Crippen molar-refractivity contribution < 1.29 is 19.4 Å². The fourth-order valence-corrected chi connectivity index (χ4v) is 3.11. The zero-order chi connectivity index (χ0) is 19.9. The summed E-state index contributed by atoms with van der Waals surface area (Å²) in [6, 6.07) is 14.0. The van der Waals surface area contributed by atoms with E-state index in [4.69, 9.17) is 16.3 Å². The lowest BCUT2D eigenvalue weighted by Crippen LogP contribution is -2.40. The standard InChI is InChI=1S/C21H23ClN2O4/c22-16-3-7-19(8-4-16)28-14-20(26)23-17-5-1-15(2-6-17)13-21(27)24-11-9-18(25)10-12-24/h1-8,18,25H,9-14H2,(H,23,26). The van der Waals surface area contributed by atoms with Gasteiger partial charge in [0.05, 0.1) is 12.5 Å². The van der Waals surface area contributed by atoms with Crippen LogP contribution in [0.25, 0.3) is 0 Å². The highest BCUT2D eigenvalue weighted by atomic mass is 35.5. The number of carbonyl (C=O) groups excluding carboxylic acids is 2. The van der Waals surface area contributed by atoms with Gasteiger partial charge in [-0.05, 0) is 54.8 Å². The normalized spacial score (nSPS) is 14.6. The van der Waals surface area contributed by atoms with Crippen LogP contribution in [-0.4, -0.2) is 47.6 Å². The van der Waals surface area contributed by atoms with Crippen molar-refractivity contribution in [2.45, 2.75) is 25.4 Å². The second-order valence-corrected chi connectivity index (χ2v) is 7.21. The van der Waals surface area contributed by atoms with Gasteiger partial charge in [0.15, 0.2) is 6.61 Å². The Balaban J connectivity index is 1.45. The molecule has 148 valence electrons. The second kappa shape index (κ2) is 9.57. The minimum atomic E-state index is -0.296. The third-order valence-corrected chi connectivity index (χ3v) is 4.85. The van der Waals surface area contributed by atoms with E-state index in [1.165, 1.54) is 0 Å². The van der Waals surface area contributed by atoms with Crippen LogP contribution in [0.2, 0.25) is 5.02 Å². The molecular weight excluding hydrogens is 380 g/mol. The van der Waals surface area contributed by atoms with E-state index in [2.05, 4.69) is 5.32 Å². The highest BCUT2D eigenvalue weighted by Crippen LogP contribution is 2.16. The predicted octanol–water partition coefficient (Wildman–Crippen LogP) is 2.88. The van der Waals surface area contributed by atoms with E-state index < -0.39 is 0 Å². The Bertz CT molecular complexity index is 800. The maximum atomic E-state index is 12.3. The van der Waals surface area contributed by atoms with Gasteiger partial charge in [-0.2, -0.15) is 0 Å². The first-order valence-corrected chi connectivity index (χ1v) is 9.60. The number of carbonyl (C=O) groups is 2. The first-order valence-electron chi connectivity index (χ1n) is 9.22. The number of halogens is 1. The molecule has 28 heavy (non-hydrogen) atoms. The van der Waals surface area contributed by atoms with E-state index in [-0.39, 0.29) is 24.5 Å². The summed E-state index contributed by atoms with van der Waals surface area (Å²) in [4.78, 5) is 26.1. The topological polar surface area (TPSA) is 78.9 Å².